The van der Waals surface area contributed by atoms with Crippen molar-refractivity contribution in [2.45, 2.75) is 6.92 Å². The van der Waals surface area contributed by atoms with E-state index in [-0.39, 0.29) is 17.4 Å². The van der Waals surface area contributed by atoms with Gasteiger partial charge in [-0.3, -0.25) is 4.79 Å². The number of amides is 1. The molecular formula is C11H13ClN6O. The first kappa shape index (κ1) is 13.2. The highest BCUT2D eigenvalue weighted by atomic mass is 35.5. The third kappa shape index (κ3) is 2.32. The summed E-state index contributed by atoms with van der Waals surface area (Å²) in [5.74, 6) is -0.340. The summed E-state index contributed by atoms with van der Waals surface area (Å²) >= 11 is 5.94. The highest BCUT2D eigenvalue weighted by molar-refractivity contribution is 6.35. The molecule has 0 aliphatic carbocycles. The predicted octanol–water partition coefficient (Wildman–Crippen LogP) is 1.09. The minimum atomic E-state index is -0.381. The summed E-state index contributed by atoms with van der Waals surface area (Å²) in [6.07, 6.45) is 4.26. The van der Waals surface area contributed by atoms with Crippen LogP contribution in [0.25, 0.3) is 11.2 Å². The Kier molecular flexibility index (Phi) is 3.57. The van der Waals surface area contributed by atoms with Crippen LogP contribution in [0.5, 0.6) is 0 Å². The highest BCUT2D eigenvalue weighted by Crippen LogP contribution is 2.22. The summed E-state index contributed by atoms with van der Waals surface area (Å²) in [4.78, 5) is 24.7. The topological polar surface area (TPSA) is 114 Å². The van der Waals surface area contributed by atoms with Gasteiger partial charge in [-0.1, -0.05) is 11.6 Å². The fourth-order valence-corrected chi connectivity index (χ4v) is 1.82. The second-order valence-corrected chi connectivity index (χ2v) is 4.13. The molecule has 0 saturated heterocycles. The number of H-pyrrole nitrogens is 1. The van der Waals surface area contributed by atoms with Gasteiger partial charge in [0.25, 0.3) is 5.91 Å². The molecule has 1 amide bonds. The van der Waals surface area contributed by atoms with Crippen molar-refractivity contribution in [3.05, 3.63) is 29.3 Å². The molecule has 0 radical (unpaired) electrons. The molecule has 7 nitrogen and oxygen atoms in total. The number of fused-ring (bicyclic) bond motifs is 1. The van der Waals surface area contributed by atoms with Crippen LogP contribution >= 0.6 is 11.6 Å². The van der Waals surface area contributed by atoms with Gasteiger partial charge in [-0.15, -0.1) is 0 Å². The van der Waals surface area contributed by atoms with Crippen LogP contribution in [-0.2, 0) is 0 Å². The van der Waals surface area contributed by atoms with Crippen LogP contribution in [0.15, 0.2) is 18.6 Å². The van der Waals surface area contributed by atoms with Crippen LogP contribution in [-0.4, -0.2) is 32.3 Å². The fourth-order valence-electron chi connectivity index (χ4n) is 1.63. The van der Waals surface area contributed by atoms with Crippen molar-refractivity contribution >= 4 is 34.5 Å². The Bertz CT molecular complexity index is 650. The summed E-state index contributed by atoms with van der Waals surface area (Å²) in [6, 6.07) is 0. The van der Waals surface area contributed by atoms with Crippen molar-refractivity contribution in [1.82, 2.24) is 19.9 Å². The Morgan fingerprint density at radius 1 is 1.58 bits per heavy atom. The van der Waals surface area contributed by atoms with Crippen molar-refractivity contribution < 1.29 is 4.79 Å². The van der Waals surface area contributed by atoms with Crippen molar-refractivity contribution in [2.75, 3.05) is 12.3 Å². The quantitative estimate of drug-likeness (QED) is 0.778. The average Bonchev–Trinajstić information content (AvgIpc) is 2.75. The Hall–Kier alpha value is -2.28. The van der Waals surface area contributed by atoms with Gasteiger partial charge < -0.3 is 21.4 Å². The molecule has 19 heavy (non-hydrogen) atoms. The van der Waals surface area contributed by atoms with Crippen molar-refractivity contribution in [3.63, 3.8) is 0 Å². The van der Waals surface area contributed by atoms with Crippen LogP contribution in [0, 0.1) is 0 Å². The van der Waals surface area contributed by atoms with E-state index in [9.17, 15) is 4.79 Å². The van der Waals surface area contributed by atoms with Crippen molar-refractivity contribution in [2.24, 2.45) is 5.73 Å². The highest BCUT2D eigenvalue weighted by Gasteiger charge is 2.20. The molecule has 0 fully saturated rings. The number of carbonyl (C=O) groups is 1. The van der Waals surface area contributed by atoms with E-state index in [0.717, 1.165) is 0 Å². The molecule has 0 bridgehead atoms. The average molecular weight is 281 g/mol. The third-order valence-electron chi connectivity index (χ3n) is 2.55. The lowest BCUT2D eigenvalue weighted by Gasteiger charge is -2.15. The van der Waals surface area contributed by atoms with Crippen LogP contribution < -0.4 is 11.5 Å². The van der Waals surface area contributed by atoms with E-state index >= 15 is 0 Å². The lowest BCUT2D eigenvalue weighted by molar-refractivity contribution is 0.0823. The lowest BCUT2D eigenvalue weighted by Crippen LogP contribution is -2.27. The predicted molar refractivity (Wildman–Crippen MR) is 73.3 cm³/mol. The molecule has 0 saturated carbocycles. The largest absolute Gasteiger partial charge is 0.403 e. The number of halogens is 1. The number of nitrogen functional groups attached to an aromatic ring is 1. The number of anilines is 1. The number of hydrogen-bond donors (Lipinski definition) is 3. The van der Waals surface area contributed by atoms with Gasteiger partial charge >= 0.3 is 0 Å². The SMILES string of the molecule is CCN(/C=C\N)C(=O)c1nc2c(Cl)c[nH]c2nc1N. The molecule has 0 aliphatic heterocycles. The number of nitrogens with two attached hydrogens (primary N) is 2. The van der Waals surface area contributed by atoms with Gasteiger partial charge in [0.1, 0.15) is 5.52 Å². The number of rotatable bonds is 3. The molecule has 0 aromatic carbocycles. The second kappa shape index (κ2) is 5.15. The Morgan fingerprint density at radius 3 is 2.95 bits per heavy atom. The van der Waals surface area contributed by atoms with Gasteiger partial charge in [-0.05, 0) is 6.92 Å². The molecule has 2 rings (SSSR count). The summed E-state index contributed by atoms with van der Waals surface area (Å²) < 4.78 is 0. The molecule has 2 aromatic heterocycles. The Labute approximate surface area is 114 Å². The maximum absolute atomic E-state index is 12.2. The number of aromatic amines is 1. The molecule has 0 spiro atoms. The number of nitrogens with one attached hydrogen (secondary N) is 1. The number of carbonyl (C=O) groups excluding carboxylic acids is 1. The zero-order chi connectivity index (χ0) is 14.0. The molecule has 0 aliphatic rings. The Morgan fingerprint density at radius 2 is 2.32 bits per heavy atom. The van der Waals surface area contributed by atoms with E-state index in [1.54, 1.807) is 0 Å². The van der Waals surface area contributed by atoms with Crippen LogP contribution in [0.1, 0.15) is 17.4 Å². The lowest BCUT2D eigenvalue weighted by atomic mass is 10.3. The smallest absolute Gasteiger partial charge is 0.280 e. The normalized spacial score (nSPS) is 11.3. The molecule has 8 heteroatoms. The minimum absolute atomic E-state index is 0.0416. The third-order valence-corrected chi connectivity index (χ3v) is 2.84. The van der Waals surface area contributed by atoms with E-state index in [4.69, 9.17) is 23.1 Å². The van der Waals surface area contributed by atoms with Gasteiger partial charge in [0, 0.05) is 25.1 Å². The van der Waals surface area contributed by atoms with E-state index in [2.05, 4.69) is 15.0 Å². The number of aromatic nitrogens is 3. The molecule has 2 heterocycles. The van der Waals surface area contributed by atoms with Gasteiger partial charge in [-0.2, -0.15) is 0 Å². The molecule has 0 unspecified atom stereocenters. The first-order valence-corrected chi connectivity index (χ1v) is 5.95. The van der Waals surface area contributed by atoms with E-state index in [1.165, 1.54) is 23.5 Å². The van der Waals surface area contributed by atoms with Crippen LogP contribution in [0.2, 0.25) is 5.02 Å². The summed E-state index contributed by atoms with van der Waals surface area (Å²) in [7, 11) is 0. The molecule has 100 valence electrons. The Balaban J connectivity index is 2.51. The first-order valence-electron chi connectivity index (χ1n) is 5.58. The molecule has 5 N–H and O–H groups in total. The second-order valence-electron chi connectivity index (χ2n) is 3.72. The van der Waals surface area contributed by atoms with Gasteiger partial charge in [0.2, 0.25) is 0 Å². The van der Waals surface area contributed by atoms with E-state index in [0.29, 0.717) is 22.7 Å². The zero-order valence-electron chi connectivity index (χ0n) is 10.2. The monoisotopic (exact) mass is 280 g/mol. The number of nitrogens with zero attached hydrogens (tertiary/aromatic N) is 3. The van der Waals surface area contributed by atoms with Crippen molar-refractivity contribution in [1.29, 1.82) is 0 Å². The summed E-state index contributed by atoms with van der Waals surface area (Å²) in [5.41, 5.74) is 11.9. The maximum atomic E-state index is 12.2. The summed E-state index contributed by atoms with van der Waals surface area (Å²) in [6.45, 7) is 2.25. The van der Waals surface area contributed by atoms with Gasteiger partial charge in [0.05, 0.1) is 5.02 Å². The minimum Gasteiger partial charge on any atom is -0.403 e. The van der Waals surface area contributed by atoms with Gasteiger partial charge in [0.15, 0.2) is 17.2 Å². The number of hydrogen-bond acceptors (Lipinski definition) is 5. The van der Waals surface area contributed by atoms with Gasteiger partial charge in [-0.25, -0.2) is 9.97 Å². The zero-order valence-corrected chi connectivity index (χ0v) is 11.0. The van der Waals surface area contributed by atoms with E-state index < -0.39 is 0 Å². The maximum Gasteiger partial charge on any atom is 0.280 e. The first-order chi connectivity index (χ1) is 9.08. The summed E-state index contributed by atoms with van der Waals surface area (Å²) in [5, 5.41) is 0.383. The van der Waals surface area contributed by atoms with Crippen molar-refractivity contribution in [3.8, 4) is 0 Å². The van der Waals surface area contributed by atoms with Crippen LogP contribution in [0.3, 0.4) is 0 Å². The van der Waals surface area contributed by atoms with E-state index in [1.807, 2.05) is 6.92 Å². The molecule has 0 atom stereocenters. The fraction of sp³-hybridized carbons (Fsp3) is 0.182. The molecular weight excluding hydrogens is 268 g/mol. The molecule has 2 aromatic rings. The standard InChI is InChI=1S/C11H13ClN6O/c1-2-18(4-3-13)11(19)8-9(14)17-10-7(16-8)6(12)5-15-10/h3-5H,2,13H2,1H3,(H3,14,15,17)/b4-3-. The van der Waals surface area contributed by atoms with Crippen LogP contribution in [0.4, 0.5) is 5.82 Å².